The lowest BCUT2D eigenvalue weighted by atomic mass is 10.0. The molecule has 3 aromatic carbocycles. The molecule has 28 heavy (non-hydrogen) atoms. The fourth-order valence-electron chi connectivity index (χ4n) is 2.97. The van der Waals surface area contributed by atoms with Gasteiger partial charge in [0.15, 0.2) is 5.82 Å². The molecule has 0 radical (unpaired) electrons. The van der Waals surface area contributed by atoms with Gasteiger partial charge in [-0.3, -0.25) is 0 Å². The summed E-state index contributed by atoms with van der Waals surface area (Å²) in [6.07, 6.45) is -7.41. The number of halogens is 6. The minimum Gasteiger partial charge on any atom is -0.236 e. The highest BCUT2D eigenvalue weighted by Gasteiger charge is 2.31. The average Bonchev–Trinajstić information content (AvgIpc) is 2.65. The number of hydrogen-bond acceptors (Lipinski definition) is 2. The topological polar surface area (TPSA) is 25.8 Å². The molecule has 0 saturated carbocycles. The minimum absolute atomic E-state index is 0.229. The van der Waals surface area contributed by atoms with Gasteiger partial charge in [-0.15, -0.1) is 0 Å². The molecule has 142 valence electrons. The van der Waals surface area contributed by atoms with Crippen molar-refractivity contribution in [1.82, 2.24) is 9.97 Å². The maximum Gasteiger partial charge on any atom is 0.416 e. The van der Waals surface area contributed by atoms with Gasteiger partial charge >= 0.3 is 12.4 Å². The van der Waals surface area contributed by atoms with Crippen LogP contribution >= 0.6 is 0 Å². The van der Waals surface area contributed by atoms with Crippen LogP contribution in [-0.2, 0) is 12.4 Å². The van der Waals surface area contributed by atoms with Crippen molar-refractivity contribution < 1.29 is 26.3 Å². The van der Waals surface area contributed by atoms with Crippen LogP contribution in [0.4, 0.5) is 26.3 Å². The van der Waals surface area contributed by atoms with Crippen molar-refractivity contribution in [3.63, 3.8) is 0 Å². The van der Waals surface area contributed by atoms with Gasteiger partial charge in [0, 0.05) is 17.1 Å². The molecule has 2 nitrogen and oxygen atoms in total. The van der Waals surface area contributed by atoms with E-state index in [9.17, 15) is 26.3 Å². The summed E-state index contributed by atoms with van der Waals surface area (Å²) >= 11 is 0. The molecule has 0 aliphatic rings. The molecule has 0 unspecified atom stereocenters. The molecule has 1 heterocycles. The van der Waals surface area contributed by atoms with Crippen LogP contribution in [0.15, 0.2) is 60.8 Å². The van der Waals surface area contributed by atoms with Gasteiger partial charge in [0.1, 0.15) is 0 Å². The van der Waals surface area contributed by atoms with Gasteiger partial charge in [-0.2, -0.15) is 26.3 Å². The molecule has 0 atom stereocenters. The van der Waals surface area contributed by atoms with Crippen LogP contribution in [0, 0.1) is 0 Å². The van der Waals surface area contributed by atoms with Crippen LogP contribution in [-0.4, -0.2) is 9.97 Å². The maximum absolute atomic E-state index is 12.9. The van der Waals surface area contributed by atoms with Crippen LogP contribution < -0.4 is 0 Å². The van der Waals surface area contributed by atoms with Gasteiger partial charge in [0.2, 0.25) is 0 Å². The van der Waals surface area contributed by atoms with E-state index in [0.29, 0.717) is 27.2 Å². The molecule has 0 amide bonds. The van der Waals surface area contributed by atoms with Crippen LogP contribution in [0.5, 0.6) is 0 Å². The van der Waals surface area contributed by atoms with Crippen molar-refractivity contribution in [3.8, 4) is 11.4 Å². The van der Waals surface area contributed by atoms with Crippen molar-refractivity contribution >= 4 is 21.7 Å². The minimum atomic E-state index is -4.44. The Labute approximate surface area is 154 Å². The van der Waals surface area contributed by atoms with E-state index in [1.165, 1.54) is 30.5 Å². The van der Waals surface area contributed by atoms with Gasteiger partial charge in [-0.25, -0.2) is 9.97 Å². The molecule has 0 bridgehead atoms. The first-order valence-corrected chi connectivity index (χ1v) is 8.07. The Bertz CT molecular complexity index is 1180. The Balaban J connectivity index is 1.78. The maximum atomic E-state index is 12.9. The van der Waals surface area contributed by atoms with Gasteiger partial charge in [-0.1, -0.05) is 24.3 Å². The normalized spacial score (nSPS) is 12.6. The molecular formula is C20H10F6N2. The SMILES string of the molecule is FC(F)(F)c1ccc(-c2ncc3c(ccc4cc(C(F)(F)F)ccc43)n2)cc1. The molecular weight excluding hydrogens is 382 g/mol. The Kier molecular flexibility index (Phi) is 4.02. The molecule has 4 aromatic rings. The third kappa shape index (κ3) is 3.26. The molecule has 0 N–H and O–H groups in total. The highest BCUT2D eigenvalue weighted by Crippen LogP contribution is 2.34. The molecule has 0 fully saturated rings. The van der Waals surface area contributed by atoms with Crippen molar-refractivity contribution in [2.24, 2.45) is 0 Å². The third-order valence-corrected chi connectivity index (χ3v) is 4.38. The summed E-state index contributed by atoms with van der Waals surface area (Å²) in [4.78, 5) is 8.52. The van der Waals surface area contributed by atoms with E-state index in [1.54, 1.807) is 6.07 Å². The van der Waals surface area contributed by atoms with Crippen LogP contribution in [0.3, 0.4) is 0 Å². The smallest absolute Gasteiger partial charge is 0.236 e. The van der Waals surface area contributed by atoms with Gasteiger partial charge in [-0.05, 0) is 41.1 Å². The first kappa shape index (κ1) is 18.2. The standard InChI is InChI=1S/C20H10F6N2/c21-19(22,23)13-4-1-11(2-5-13)18-27-10-16-15-7-6-14(20(24,25)26)9-12(15)3-8-17(16)28-18/h1-10H. The molecule has 0 spiro atoms. The second-order valence-corrected chi connectivity index (χ2v) is 6.20. The molecule has 0 aliphatic heterocycles. The lowest BCUT2D eigenvalue weighted by Crippen LogP contribution is -2.04. The number of aromatic nitrogens is 2. The summed E-state index contributed by atoms with van der Waals surface area (Å²) in [5.41, 5.74) is -0.635. The zero-order chi connectivity index (χ0) is 20.1. The van der Waals surface area contributed by atoms with E-state index in [2.05, 4.69) is 9.97 Å². The molecule has 1 aromatic heterocycles. The zero-order valence-electron chi connectivity index (χ0n) is 13.9. The second kappa shape index (κ2) is 6.19. The summed E-state index contributed by atoms with van der Waals surface area (Å²) < 4.78 is 76.7. The van der Waals surface area contributed by atoms with E-state index in [1.807, 2.05) is 0 Å². The lowest BCUT2D eigenvalue weighted by Gasteiger charge is -2.10. The fourth-order valence-corrected chi connectivity index (χ4v) is 2.97. The first-order chi connectivity index (χ1) is 13.1. The number of fused-ring (bicyclic) bond motifs is 3. The molecule has 0 saturated heterocycles. The van der Waals surface area contributed by atoms with E-state index < -0.39 is 23.5 Å². The Morgan fingerprint density at radius 1 is 0.643 bits per heavy atom. The Hall–Kier alpha value is -3.16. The Morgan fingerprint density at radius 2 is 1.29 bits per heavy atom. The van der Waals surface area contributed by atoms with Gasteiger partial charge in [0.25, 0.3) is 0 Å². The lowest BCUT2D eigenvalue weighted by molar-refractivity contribution is -0.138. The summed E-state index contributed by atoms with van der Waals surface area (Å²) in [6, 6.07) is 10.9. The van der Waals surface area contributed by atoms with Gasteiger partial charge < -0.3 is 0 Å². The monoisotopic (exact) mass is 392 g/mol. The van der Waals surface area contributed by atoms with Crippen LogP contribution in [0.25, 0.3) is 33.1 Å². The third-order valence-electron chi connectivity index (χ3n) is 4.38. The highest BCUT2D eigenvalue weighted by atomic mass is 19.4. The van der Waals surface area contributed by atoms with E-state index >= 15 is 0 Å². The number of alkyl halides is 6. The summed E-state index contributed by atoms with van der Waals surface area (Å²) in [7, 11) is 0. The van der Waals surface area contributed by atoms with Crippen molar-refractivity contribution in [2.45, 2.75) is 12.4 Å². The molecule has 0 aliphatic carbocycles. The predicted octanol–water partition coefficient (Wildman–Crippen LogP) is 6.49. The number of nitrogens with zero attached hydrogens (tertiary/aromatic N) is 2. The van der Waals surface area contributed by atoms with E-state index in [-0.39, 0.29) is 5.82 Å². The van der Waals surface area contributed by atoms with Crippen molar-refractivity contribution in [1.29, 1.82) is 0 Å². The predicted molar refractivity (Wildman–Crippen MR) is 92.5 cm³/mol. The number of hydrogen-bond donors (Lipinski definition) is 0. The van der Waals surface area contributed by atoms with Crippen LogP contribution in [0.1, 0.15) is 11.1 Å². The average molecular weight is 392 g/mol. The van der Waals surface area contributed by atoms with Crippen LogP contribution in [0.2, 0.25) is 0 Å². The Morgan fingerprint density at radius 3 is 1.93 bits per heavy atom. The van der Waals surface area contributed by atoms with E-state index in [4.69, 9.17) is 0 Å². The summed E-state index contributed by atoms with van der Waals surface area (Å²) in [5, 5.41) is 1.51. The quantitative estimate of drug-likeness (QED) is 0.273. The fraction of sp³-hybridized carbons (Fsp3) is 0.100. The number of benzene rings is 3. The highest BCUT2D eigenvalue weighted by molar-refractivity contribution is 6.06. The second-order valence-electron chi connectivity index (χ2n) is 6.20. The number of rotatable bonds is 1. The van der Waals surface area contributed by atoms with Crippen molar-refractivity contribution in [3.05, 3.63) is 71.9 Å². The summed E-state index contributed by atoms with van der Waals surface area (Å²) in [6.45, 7) is 0. The van der Waals surface area contributed by atoms with Gasteiger partial charge in [0.05, 0.1) is 16.6 Å². The first-order valence-electron chi connectivity index (χ1n) is 8.07. The molecule has 4 rings (SSSR count). The van der Waals surface area contributed by atoms with E-state index in [0.717, 1.165) is 24.3 Å². The molecule has 8 heteroatoms. The summed E-state index contributed by atoms with van der Waals surface area (Å²) in [5.74, 6) is 0.229. The zero-order valence-corrected chi connectivity index (χ0v) is 13.9. The van der Waals surface area contributed by atoms with Crippen molar-refractivity contribution in [2.75, 3.05) is 0 Å². The largest absolute Gasteiger partial charge is 0.416 e.